The van der Waals surface area contributed by atoms with Crippen LogP contribution in [-0.2, 0) is 11.2 Å². The highest BCUT2D eigenvalue weighted by Crippen LogP contribution is 2.24. The summed E-state index contributed by atoms with van der Waals surface area (Å²) in [5.41, 5.74) is 0.397. The minimum Gasteiger partial charge on any atom is -0.321 e. The van der Waals surface area contributed by atoms with Gasteiger partial charge in [-0.25, -0.2) is 8.78 Å². The molecule has 2 rings (SSSR count). The number of rotatable bonds is 3. The van der Waals surface area contributed by atoms with E-state index in [0.29, 0.717) is 0 Å². The SMILES string of the molecule is O=C(Cc1ccsc1)Nc1c(F)cc(Br)cc1F. The van der Waals surface area contributed by atoms with Crippen LogP contribution >= 0.6 is 27.3 Å². The topological polar surface area (TPSA) is 29.1 Å². The third-order valence-electron chi connectivity index (χ3n) is 2.22. The van der Waals surface area contributed by atoms with Crippen LogP contribution in [-0.4, -0.2) is 5.91 Å². The van der Waals surface area contributed by atoms with Crippen molar-refractivity contribution in [3.8, 4) is 0 Å². The molecule has 1 aromatic carbocycles. The standard InChI is InChI=1S/C12H8BrF2NOS/c13-8-4-9(14)12(10(15)5-8)16-11(17)3-7-1-2-18-6-7/h1-2,4-6H,3H2,(H,16,17). The van der Waals surface area contributed by atoms with E-state index in [1.165, 1.54) is 11.3 Å². The minimum atomic E-state index is -0.805. The van der Waals surface area contributed by atoms with Gasteiger partial charge in [-0.1, -0.05) is 15.9 Å². The Bertz CT molecular complexity index is 548. The van der Waals surface area contributed by atoms with E-state index < -0.39 is 23.2 Å². The van der Waals surface area contributed by atoms with E-state index in [0.717, 1.165) is 17.7 Å². The summed E-state index contributed by atoms with van der Waals surface area (Å²) < 4.78 is 27.2. The summed E-state index contributed by atoms with van der Waals surface area (Å²) in [7, 11) is 0. The number of benzene rings is 1. The highest BCUT2D eigenvalue weighted by molar-refractivity contribution is 9.10. The second kappa shape index (κ2) is 5.58. The fraction of sp³-hybridized carbons (Fsp3) is 0.0833. The van der Waals surface area contributed by atoms with Crippen LogP contribution in [0.3, 0.4) is 0 Å². The number of thiophene rings is 1. The van der Waals surface area contributed by atoms with Gasteiger partial charge in [0, 0.05) is 4.47 Å². The van der Waals surface area contributed by atoms with Crippen LogP contribution in [0, 0.1) is 11.6 Å². The molecule has 1 aromatic heterocycles. The number of halogens is 3. The van der Waals surface area contributed by atoms with Crippen molar-refractivity contribution in [2.45, 2.75) is 6.42 Å². The molecule has 0 unspecified atom stereocenters. The Labute approximate surface area is 115 Å². The molecule has 1 N–H and O–H groups in total. The molecule has 0 aliphatic carbocycles. The Balaban J connectivity index is 2.12. The largest absolute Gasteiger partial charge is 0.321 e. The smallest absolute Gasteiger partial charge is 0.228 e. The first kappa shape index (κ1) is 13.2. The molecular formula is C12H8BrF2NOS. The predicted octanol–water partition coefficient (Wildman–Crippen LogP) is 3.97. The van der Waals surface area contributed by atoms with Gasteiger partial charge < -0.3 is 5.32 Å². The lowest BCUT2D eigenvalue weighted by molar-refractivity contribution is -0.115. The van der Waals surface area contributed by atoms with Crippen molar-refractivity contribution >= 4 is 38.9 Å². The van der Waals surface area contributed by atoms with Crippen molar-refractivity contribution in [2.75, 3.05) is 5.32 Å². The second-order valence-corrected chi connectivity index (χ2v) is 5.30. The van der Waals surface area contributed by atoms with Crippen LogP contribution in [0.1, 0.15) is 5.56 Å². The van der Waals surface area contributed by atoms with E-state index in [-0.39, 0.29) is 10.9 Å². The van der Waals surface area contributed by atoms with Gasteiger partial charge in [-0.3, -0.25) is 4.79 Å². The summed E-state index contributed by atoms with van der Waals surface area (Å²) in [5.74, 6) is -2.06. The lowest BCUT2D eigenvalue weighted by Crippen LogP contribution is -2.16. The zero-order chi connectivity index (χ0) is 13.1. The van der Waals surface area contributed by atoms with Gasteiger partial charge in [0.15, 0.2) is 11.6 Å². The average Bonchev–Trinajstić information content (AvgIpc) is 2.76. The van der Waals surface area contributed by atoms with Gasteiger partial charge in [0.2, 0.25) is 5.91 Å². The maximum absolute atomic E-state index is 13.5. The molecule has 0 fully saturated rings. The first-order valence-electron chi connectivity index (χ1n) is 5.01. The Morgan fingerprint density at radius 2 is 2.00 bits per heavy atom. The van der Waals surface area contributed by atoms with Gasteiger partial charge in [0.05, 0.1) is 6.42 Å². The van der Waals surface area contributed by atoms with Gasteiger partial charge in [0.25, 0.3) is 0 Å². The van der Waals surface area contributed by atoms with Crippen LogP contribution < -0.4 is 5.32 Å². The zero-order valence-corrected chi connectivity index (χ0v) is 11.4. The number of carbonyl (C=O) groups excluding carboxylic acids is 1. The van der Waals surface area contributed by atoms with E-state index in [1.54, 1.807) is 6.07 Å². The van der Waals surface area contributed by atoms with Crippen molar-refractivity contribution in [1.82, 2.24) is 0 Å². The van der Waals surface area contributed by atoms with Crippen LogP contribution in [0.4, 0.5) is 14.5 Å². The number of hydrogen-bond donors (Lipinski definition) is 1. The maximum atomic E-state index is 13.5. The summed E-state index contributed by atoms with van der Waals surface area (Å²) in [6.45, 7) is 0. The molecule has 6 heteroatoms. The fourth-order valence-corrected chi connectivity index (χ4v) is 2.49. The van der Waals surface area contributed by atoms with Gasteiger partial charge in [-0.05, 0) is 34.5 Å². The van der Waals surface area contributed by atoms with E-state index in [4.69, 9.17) is 0 Å². The van der Waals surface area contributed by atoms with Crippen LogP contribution in [0.15, 0.2) is 33.4 Å². The van der Waals surface area contributed by atoms with E-state index in [1.807, 2.05) is 10.8 Å². The van der Waals surface area contributed by atoms with Crippen LogP contribution in [0.2, 0.25) is 0 Å². The highest BCUT2D eigenvalue weighted by Gasteiger charge is 2.13. The number of hydrogen-bond acceptors (Lipinski definition) is 2. The highest BCUT2D eigenvalue weighted by atomic mass is 79.9. The Morgan fingerprint density at radius 3 is 2.56 bits per heavy atom. The molecule has 0 aliphatic heterocycles. The molecule has 0 aliphatic rings. The predicted molar refractivity (Wildman–Crippen MR) is 70.7 cm³/mol. The molecule has 0 bridgehead atoms. The molecule has 94 valence electrons. The number of nitrogens with one attached hydrogen (secondary N) is 1. The molecule has 0 saturated carbocycles. The average molecular weight is 332 g/mol. The van der Waals surface area contributed by atoms with Crippen molar-refractivity contribution in [1.29, 1.82) is 0 Å². The number of carbonyl (C=O) groups is 1. The Kier molecular flexibility index (Phi) is 4.08. The first-order chi connectivity index (χ1) is 8.56. The number of anilines is 1. The molecule has 18 heavy (non-hydrogen) atoms. The first-order valence-corrected chi connectivity index (χ1v) is 6.75. The molecule has 0 saturated heterocycles. The van der Waals surface area contributed by atoms with Crippen molar-refractivity contribution < 1.29 is 13.6 Å². The lowest BCUT2D eigenvalue weighted by Gasteiger charge is -2.07. The van der Waals surface area contributed by atoms with Crippen LogP contribution in [0.25, 0.3) is 0 Å². The summed E-state index contributed by atoms with van der Waals surface area (Å²) in [6, 6.07) is 3.99. The minimum absolute atomic E-state index is 0.0957. The van der Waals surface area contributed by atoms with Crippen molar-refractivity contribution in [2.24, 2.45) is 0 Å². The quantitative estimate of drug-likeness (QED) is 0.905. The molecule has 0 atom stereocenters. The van der Waals surface area contributed by atoms with Gasteiger partial charge in [0.1, 0.15) is 5.69 Å². The molecule has 1 heterocycles. The summed E-state index contributed by atoms with van der Waals surface area (Å²) in [4.78, 5) is 11.6. The molecule has 2 aromatic rings. The Morgan fingerprint density at radius 1 is 1.33 bits per heavy atom. The summed E-state index contributed by atoms with van der Waals surface area (Å²) in [5, 5.41) is 5.89. The second-order valence-electron chi connectivity index (χ2n) is 3.60. The fourth-order valence-electron chi connectivity index (χ4n) is 1.42. The normalized spacial score (nSPS) is 10.4. The summed E-state index contributed by atoms with van der Waals surface area (Å²) in [6.07, 6.45) is 0.0957. The Hall–Kier alpha value is -1.27. The molecule has 0 spiro atoms. The van der Waals surface area contributed by atoms with Crippen molar-refractivity contribution in [3.05, 3.63) is 50.6 Å². The number of amides is 1. The molecular weight excluding hydrogens is 324 g/mol. The molecule has 1 amide bonds. The van der Waals surface area contributed by atoms with Crippen molar-refractivity contribution in [3.63, 3.8) is 0 Å². The third kappa shape index (κ3) is 3.14. The van der Waals surface area contributed by atoms with E-state index in [9.17, 15) is 13.6 Å². The van der Waals surface area contributed by atoms with E-state index >= 15 is 0 Å². The maximum Gasteiger partial charge on any atom is 0.228 e. The third-order valence-corrected chi connectivity index (χ3v) is 3.41. The zero-order valence-electron chi connectivity index (χ0n) is 9.04. The van der Waals surface area contributed by atoms with Gasteiger partial charge in [-0.2, -0.15) is 11.3 Å². The van der Waals surface area contributed by atoms with Gasteiger partial charge in [-0.15, -0.1) is 0 Å². The summed E-state index contributed by atoms with van der Waals surface area (Å²) >= 11 is 4.43. The monoisotopic (exact) mass is 331 g/mol. The molecule has 2 nitrogen and oxygen atoms in total. The van der Waals surface area contributed by atoms with Gasteiger partial charge >= 0.3 is 0 Å². The molecule has 0 radical (unpaired) electrons. The van der Waals surface area contributed by atoms with Crippen LogP contribution in [0.5, 0.6) is 0 Å². The van der Waals surface area contributed by atoms with E-state index in [2.05, 4.69) is 21.2 Å². The lowest BCUT2D eigenvalue weighted by atomic mass is 10.2.